The van der Waals surface area contributed by atoms with E-state index in [0.717, 1.165) is 11.8 Å². The van der Waals surface area contributed by atoms with Crippen LogP contribution in [0.25, 0.3) is 0 Å². The van der Waals surface area contributed by atoms with Gasteiger partial charge in [-0.15, -0.1) is 5.10 Å². The zero-order valence-corrected chi connectivity index (χ0v) is 42.2. The number of aliphatic hydroxyl groups is 3. The van der Waals surface area contributed by atoms with E-state index in [4.69, 9.17) is 23.7 Å². The summed E-state index contributed by atoms with van der Waals surface area (Å²) in [4.78, 5) is 47.9. The van der Waals surface area contributed by atoms with Crippen LogP contribution in [0.1, 0.15) is 98.9 Å². The standard InChI is InChI=1S/C48H74FN5O13S/c1-12-39-48(9,60)44-29(4)40(50-32(7)56)27(2)21-47(8,64-26-34(24-55)25-63-44)43(30(5)41(57)31(6)45(59)66-39)67-46-42(58)38(19-28(3)65-46)53(10)18-17-35-23-54(52-51-35)36(22-49)20-33-13-15-37(16-14-33)68(11,61)62/h13-16,23,27-31,34,36,38-39,42-44,46,55,58,60H,12,17-22,24-26H2,1-11H3/b50-40+/t27-,28-,29+,30+,31-,34?,36+,38+,39-,42-,43-,44-,46+,47-,48-/m1/s1. The molecule has 1 aromatic carbocycles. The Morgan fingerprint density at radius 3 is 2.38 bits per heavy atom. The normalized spacial score (nSPS) is 35.9. The molecule has 3 aliphatic heterocycles. The maximum atomic E-state index is 14.6. The second-order valence-electron chi connectivity index (χ2n) is 19.9. The highest BCUT2D eigenvalue weighted by molar-refractivity contribution is 7.90. The van der Waals surface area contributed by atoms with Crippen LogP contribution in [0.2, 0.25) is 0 Å². The number of benzene rings is 1. The largest absolute Gasteiger partial charge is 0.459 e. The van der Waals surface area contributed by atoms with Gasteiger partial charge in [-0.05, 0) is 84.0 Å². The van der Waals surface area contributed by atoms with E-state index < -0.39 is 124 Å². The third kappa shape index (κ3) is 13.0. The Morgan fingerprint density at radius 1 is 1.10 bits per heavy atom. The highest BCUT2D eigenvalue weighted by Gasteiger charge is 2.53. The second kappa shape index (κ2) is 23.1. The lowest BCUT2D eigenvalue weighted by Gasteiger charge is -2.48. The first-order valence-electron chi connectivity index (χ1n) is 23.7. The van der Waals surface area contributed by atoms with Crippen LogP contribution >= 0.6 is 0 Å². The Hall–Kier alpha value is -3.60. The molecule has 382 valence electrons. The van der Waals surface area contributed by atoms with Crippen LogP contribution in [0, 0.1) is 29.6 Å². The van der Waals surface area contributed by atoms with Gasteiger partial charge < -0.3 is 43.9 Å². The molecule has 5 rings (SSSR count). The average molecular weight is 980 g/mol. The summed E-state index contributed by atoms with van der Waals surface area (Å²) in [5.74, 6) is -6.18. The van der Waals surface area contributed by atoms with Crippen molar-refractivity contribution in [2.75, 3.05) is 46.3 Å². The van der Waals surface area contributed by atoms with Crippen molar-refractivity contribution in [2.45, 2.75) is 159 Å². The summed E-state index contributed by atoms with van der Waals surface area (Å²) in [7, 11) is -1.53. The van der Waals surface area contributed by atoms with Gasteiger partial charge in [-0.2, -0.15) is 0 Å². The van der Waals surface area contributed by atoms with E-state index in [-0.39, 0.29) is 44.0 Å². The number of carbonyl (C=O) groups is 3. The zero-order valence-electron chi connectivity index (χ0n) is 41.4. The molecule has 20 heteroatoms. The van der Waals surface area contributed by atoms with E-state index in [1.165, 1.54) is 37.6 Å². The van der Waals surface area contributed by atoms with Crippen molar-refractivity contribution in [3.63, 3.8) is 0 Å². The number of amides is 1. The number of alkyl halides is 1. The minimum Gasteiger partial charge on any atom is -0.459 e. The first-order valence-corrected chi connectivity index (χ1v) is 25.6. The Morgan fingerprint density at radius 2 is 1.78 bits per heavy atom. The molecule has 2 bridgehead atoms. The third-order valence-electron chi connectivity index (χ3n) is 14.1. The topological polar surface area (TPSA) is 238 Å². The van der Waals surface area contributed by atoms with Crippen molar-refractivity contribution < 1.29 is 66.2 Å². The smallest absolute Gasteiger partial charge is 0.316 e. The summed E-state index contributed by atoms with van der Waals surface area (Å²) in [5, 5.41) is 43.5. The van der Waals surface area contributed by atoms with Crippen molar-refractivity contribution in [2.24, 2.45) is 34.6 Å². The van der Waals surface area contributed by atoms with Crippen molar-refractivity contribution in [1.29, 1.82) is 0 Å². The molecule has 1 aromatic heterocycles. The number of ether oxygens (including phenoxy) is 5. The quantitative estimate of drug-likeness (QED) is 0.192. The monoisotopic (exact) mass is 979 g/mol. The molecule has 0 radical (unpaired) electrons. The number of rotatable bonds is 13. The minimum atomic E-state index is -3.38. The highest BCUT2D eigenvalue weighted by atomic mass is 32.2. The summed E-state index contributed by atoms with van der Waals surface area (Å²) in [6.07, 6.45) is -2.30. The molecule has 2 aromatic rings. The third-order valence-corrected chi connectivity index (χ3v) is 15.2. The molecule has 1 unspecified atom stereocenters. The van der Waals surface area contributed by atoms with Crippen LogP contribution in [0.5, 0.6) is 0 Å². The molecular formula is C48H74FN5O13S. The number of aliphatic imine (C=N–C) groups is 1. The number of fused-ring (bicyclic) bond motifs is 5. The van der Waals surface area contributed by atoms with E-state index in [9.17, 15) is 42.5 Å². The molecule has 18 nitrogen and oxygen atoms in total. The van der Waals surface area contributed by atoms with Gasteiger partial charge in [-0.3, -0.25) is 14.4 Å². The summed E-state index contributed by atoms with van der Waals surface area (Å²) in [6, 6.07) is 5.11. The summed E-state index contributed by atoms with van der Waals surface area (Å²) < 4.78 is 72.0. The van der Waals surface area contributed by atoms with Crippen molar-refractivity contribution in [1.82, 2.24) is 19.9 Å². The maximum Gasteiger partial charge on any atom is 0.316 e. The van der Waals surface area contributed by atoms with Crippen LogP contribution in [-0.4, -0.2) is 167 Å². The molecule has 15 atom stereocenters. The number of aromatic nitrogens is 3. The number of aliphatic hydroxyl groups excluding tert-OH is 2. The lowest BCUT2D eigenvalue weighted by Crippen LogP contribution is -2.60. The number of halogens is 1. The molecule has 0 aliphatic carbocycles. The molecule has 3 N–H and O–H groups in total. The number of sulfone groups is 1. The molecule has 3 fully saturated rings. The number of Topliss-reactive ketones (excluding diaryl/α,β-unsaturated/α-hetero) is 1. The van der Waals surface area contributed by atoms with Gasteiger partial charge in [0.1, 0.15) is 30.4 Å². The number of hydrogen-bond donors (Lipinski definition) is 3. The summed E-state index contributed by atoms with van der Waals surface area (Å²) in [6.45, 7) is 14.0. The van der Waals surface area contributed by atoms with E-state index in [1.54, 1.807) is 46.0 Å². The Bertz CT molecular complexity index is 2170. The molecule has 0 saturated carbocycles. The molecule has 4 heterocycles. The van der Waals surface area contributed by atoms with Gasteiger partial charge in [0.15, 0.2) is 21.9 Å². The lowest BCUT2D eigenvalue weighted by molar-refractivity contribution is -0.299. The van der Waals surface area contributed by atoms with E-state index >= 15 is 0 Å². The van der Waals surface area contributed by atoms with E-state index in [2.05, 4.69) is 15.3 Å². The summed E-state index contributed by atoms with van der Waals surface area (Å²) >= 11 is 0. The lowest BCUT2D eigenvalue weighted by atomic mass is 9.73. The molecule has 1 amide bonds. The molecular weight excluding hydrogens is 906 g/mol. The fourth-order valence-electron chi connectivity index (χ4n) is 10.1. The molecule has 3 saturated heterocycles. The van der Waals surface area contributed by atoms with Gasteiger partial charge >= 0.3 is 5.97 Å². The average Bonchev–Trinajstić information content (AvgIpc) is 3.76. The number of esters is 1. The first-order chi connectivity index (χ1) is 31.8. The van der Waals surface area contributed by atoms with Crippen LogP contribution in [0.15, 0.2) is 40.4 Å². The van der Waals surface area contributed by atoms with E-state index in [0.29, 0.717) is 30.8 Å². The predicted molar refractivity (Wildman–Crippen MR) is 248 cm³/mol. The fraction of sp³-hybridized carbons (Fsp3) is 0.750. The number of ketones is 1. The number of likely N-dealkylation sites (N-methyl/N-ethyl adjacent to an activating group) is 1. The zero-order chi connectivity index (χ0) is 50.5. The Labute approximate surface area is 400 Å². The highest BCUT2D eigenvalue weighted by Crippen LogP contribution is 2.40. The predicted octanol–water partition coefficient (Wildman–Crippen LogP) is 3.52. The number of hydrogen-bond acceptors (Lipinski definition) is 16. The van der Waals surface area contributed by atoms with Gasteiger partial charge in [0.05, 0.1) is 60.4 Å². The Balaban J connectivity index is 1.44. The van der Waals surface area contributed by atoms with Crippen molar-refractivity contribution >= 4 is 33.2 Å². The number of nitrogens with zero attached hydrogens (tertiary/aromatic N) is 5. The van der Waals surface area contributed by atoms with Gasteiger partial charge in [0, 0.05) is 61.8 Å². The van der Waals surface area contributed by atoms with Gasteiger partial charge in [-0.25, -0.2) is 22.5 Å². The van der Waals surface area contributed by atoms with Crippen LogP contribution in [-0.2, 0) is 60.7 Å². The minimum absolute atomic E-state index is 0.0733. The molecule has 68 heavy (non-hydrogen) atoms. The van der Waals surface area contributed by atoms with Crippen molar-refractivity contribution in [3.8, 4) is 0 Å². The first kappa shape index (κ1) is 55.3. The molecule has 3 aliphatic rings. The Kier molecular flexibility index (Phi) is 18.8. The number of cyclic esters (lactones) is 1. The van der Waals surface area contributed by atoms with Crippen molar-refractivity contribution in [3.05, 3.63) is 41.7 Å². The van der Waals surface area contributed by atoms with Crippen LogP contribution in [0.4, 0.5) is 4.39 Å². The van der Waals surface area contributed by atoms with E-state index in [1.807, 2.05) is 25.8 Å². The fourth-order valence-corrected chi connectivity index (χ4v) is 10.8. The SMILES string of the molecule is CC[C@H]1OC(=O)[C@H](C)C(=O)[C@H](C)[C@@H](O[C@@H]2O[C@H](C)C[C@H](N(C)CCc3cn([C@H](CF)Cc4ccc(S(C)(=O)=O)cc4)nn3)[C@H]2O)[C@@]2(C)C[C@@H](C)/C(=N\C(C)=O)[C@H](C)[C@@H](OCC(CO)CO2)[C@]1(C)O. The molecule has 0 spiro atoms. The van der Waals surface area contributed by atoms with Gasteiger partial charge in [-0.1, -0.05) is 45.0 Å². The van der Waals surface area contributed by atoms with Gasteiger partial charge in [0.25, 0.3) is 0 Å². The van der Waals surface area contributed by atoms with Crippen LogP contribution in [0.3, 0.4) is 0 Å². The summed E-state index contributed by atoms with van der Waals surface area (Å²) in [5.41, 5.74) is -1.55. The maximum absolute atomic E-state index is 14.6. The second-order valence-corrected chi connectivity index (χ2v) is 21.9. The van der Waals surface area contributed by atoms with Gasteiger partial charge in [0.2, 0.25) is 5.91 Å². The number of carbonyl (C=O) groups excluding carboxylic acids is 3. The van der Waals surface area contributed by atoms with Crippen LogP contribution < -0.4 is 0 Å².